The first-order valence-electron chi connectivity index (χ1n) is 7.34. The Balaban J connectivity index is 1.74. The summed E-state index contributed by atoms with van der Waals surface area (Å²) in [5.41, 5.74) is 3.72. The lowest BCUT2D eigenvalue weighted by Gasteiger charge is -2.21. The number of hydrogen-bond acceptors (Lipinski definition) is 5. The van der Waals surface area contributed by atoms with Crippen molar-refractivity contribution in [1.82, 2.24) is 10.3 Å². The third-order valence-electron chi connectivity index (χ3n) is 4.11. The Hall–Kier alpha value is -1.43. The summed E-state index contributed by atoms with van der Waals surface area (Å²) in [6, 6.07) is 6.30. The van der Waals surface area contributed by atoms with Gasteiger partial charge in [0.05, 0.1) is 19.4 Å². The molecule has 2 aromatic rings. The molecule has 1 aromatic heterocycles. The largest absolute Gasteiger partial charge is 0.497 e. The third-order valence-corrected chi connectivity index (χ3v) is 5.32. The first-order valence-corrected chi connectivity index (χ1v) is 8.16. The molecular formula is C16H18N2O2S. The van der Waals surface area contributed by atoms with Crippen molar-refractivity contribution in [1.29, 1.82) is 0 Å². The Bertz CT molecular complexity index is 662. The van der Waals surface area contributed by atoms with E-state index in [0.29, 0.717) is 0 Å². The lowest BCUT2D eigenvalue weighted by molar-refractivity contribution is 0.0276. The molecule has 2 heterocycles. The maximum absolute atomic E-state index is 5.84. The van der Waals surface area contributed by atoms with Crippen molar-refractivity contribution >= 4 is 11.3 Å². The summed E-state index contributed by atoms with van der Waals surface area (Å²) in [5.74, 6) is 0.895. The van der Waals surface area contributed by atoms with Crippen LogP contribution in [0.4, 0.5) is 0 Å². The van der Waals surface area contributed by atoms with Gasteiger partial charge in [-0.15, -0.1) is 11.3 Å². The van der Waals surface area contributed by atoms with Crippen molar-refractivity contribution in [3.8, 4) is 17.0 Å². The number of hydrogen-bond donors (Lipinski definition) is 1. The number of rotatable bonds is 2. The normalized spacial score (nSPS) is 20.7. The second-order valence-electron chi connectivity index (χ2n) is 5.41. The Morgan fingerprint density at radius 1 is 1.38 bits per heavy atom. The fourth-order valence-corrected chi connectivity index (χ4v) is 4.11. The quantitative estimate of drug-likeness (QED) is 0.926. The summed E-state index contributed by atoms with van der Waals surface area (Å²) < 4.78 is 11.2. The van der Waals surface area contributed by atoms with E-state index in [1.807, 2.05) is 6.07 Å². The second-order valence-corrected chi connectivity index (χ2v) is 6.53. The molecule has 1 atom stereocenters. The first kappa shape index (κ1) is 13.2. The van der Waals surface area contributed by atoms with Crippen LogP contribution in [0.15, 0.2) is 18.2 Å². The molecule has 21 heavy (non-hydrogen) atoms. The molecule has 110 valence electrons. The van der Waals surface area contributed by atoms with E-state index < -0.39 is 0 Å². The van der Waals surface area contributed by atoms with Gasteiger partial charge in [-0.1, -0.05) is 6.07 Å². The lowest BCUT2D eigenvalue weighted by atomic mass is 9.93. The van der Waals surface area contributed by atoms with Crippen LogP contribution in [0.5, 0.6) is 5.75 Å². The maximum atomic E-state index is 5.84. The van der Waals surface area contributed by atoms with Gasteiger partial charge in [0.25, 0.3) is 0 Å². The predicted octanol–water partition coefficient (Wildman–Crippen LogP) is 2.58. The van der Waals surface area contributed by atoms with Gasteiger partial charge < -0.3 is 14.8 Å². The van der Waals surface area contributed by atoms with Gasteiger partial charge in [0.1, 0.15) is 16.9 Å². The zero-order valence-electron chi connectivity index (χ0n) is 12.0. The summed E-state index contributed by atoms with van der Waals surface area (Å²) in [6.45, 7) is 2.55. The molecule has 1 aliphatic carbocycles. The van der Waals surface area contributed by atoms with Gasteiger partial charge in [0.2, 0.25) is 0 Å². The standard InChI is InChI=1S/C16H18N2O2S/c1-19-11-4-2-10-3-5-14-15(12(10)8-11)18-16(21-14)13-9-17-6-7-20-13/h2,4,8,13,17H,3,5-7,9H2,1H3. The Morgan fingerprint density at radius 3 is 3.14 bits per heavy atom. The fourth-order valence-electron chi connectivity index (χ4n) is 2.98. The van der Waals surface area contributed by atoms with Crippen LogP contribution < -0.4 is 10.1 Å². The van der Waals surface area contributed by atoms with Gasteiger partial charge in [0.15, 0.2) is 0 Å². The van der Waals surface area contributed by atoms with E-state index in [1.54, 1.807) is 18.4 Å². The Morgan fingerprint density at radius 2 is 2.33 bits per heavy atom. The highest BCUT2D eigenvalue weighted by Crippen LogP contribution is 2.40. The molecule has 4 rings (SSSR count). The smallest absolute Gasteiger partial charge is 0.124 e. The molecule has 1 aromatic carbocycles. The number of nitrogens with zero attached hydrogens (tertiary/aromatic N) is 1. The van der Waals surface area contributed by atoms with E-state index in [2.05, 4.69) is 17.4 Å². The van der Waals surface area contributed by atoms with Crippen LogP contribution in [0, 0.1) is 0 Å². The summed E-state index contributed by atoms with van der Waals surface area (Å²) in [4.78, 5) is 6.26. The highest BCUT2D eigenvalue weighted by atomic mass is 32.1. The third kappa shape index (κ3) is 2.35. The molecule has 4 nitrogen and oxygen atoms in total. The number of fused-ring (bicyclic) bond motifs is 3. The molecular weight excluding hydrogens is 284 g/mol. The van der Waals surface area contributed by atoms with Crippen molar-refractivity contribution in [2.75, 3.05) is 26.8 Å². The minimum atomic E-state index is 0.100. The molecule has 0 amide bonds. The molecule has 0 radical (unpaired) electrons. The number of morpholine rings is 1. The molecule has 1 saturated heterocycles. The Kier molecular flexibility index (Phi) is 3.41. The maximum Gasteiger partial charge on any atom is 0.124 e. The number of nitrogens with one attached hydrogen (secondary N) is 1. The first-order chi connectivity index (χ1) is 10.3. The summed E-state index contributed by atoms with van der Waals surface area (Å²) in [5, 5.41) is 4.47. The number of benzene rings is 1. The van der Waals surface area contributed by atoms with Crippen LogP contribution in [-0.2, 0) is 17.6 Å². The average Bonchev–Trinajstić information content (AvgIpc) is 3.00. The highest BCUT2D eigenvalue weighted by Gasteiger charge is 2.26. The van der Waals surface area contributed by atoms with Crippen LogP contribution in [0.3, 0.4) is 0 Å². The second kappa shape index (κ2) is 5.40. The SMILES string of the molecule is COc1ccc2c(c1)-c1nc(C3CNCCO3)sc1CC2. The van der Waals surface area contributed by atoms with E-state index in [0.717, 1.165) is 49.0 Å². The predicted molar refractivity (Wildman–Crippen MR) is 83.1 cm³/mol. The van der Waals surface area contributed by atoms with Crippen molar-refractivity contribution in [2.45, 2.75) is 18.9 Å². The number of thiazole rings is 1. The summed E-state index contributed by atoms with van der Waals surface area (Å²) in [6.07, 6.45) is 2.26. The number of methoxy groups -OCH3 is 1. The zero-order valence-corrected chi connectivity index (χ0v) is 12.8. The Labute approximate surface area is 128 Å². The van der Waals surface area contributed by atoms with Crippen LogP contribution >= 0.6 is 11.3 Å². The average molecular weight is 302 g/mol. The lowest BCUT2D eigenvalue weighted by Crippen LogP contribution is -2.33. The highest BCUT2D eigenvalue weighted by molar-refractivity contribution is 7.12. The summed E-state index contributed by atoms with van der Waals surface area (Å²) >= 11 is 1.80. The van der Waals surface area contributed by atoms with Gasteiger partial charge in [-0.3, -0.25) is 0 Å². The fraction of sp³-hybridized carbons (Fsp3) is 0.438. The van der Waals surface area contributed by atoms with Gasteiger partial charge >= 0.3 is 0 Å². The molecule has 0 bridgehead atoms. The molecule has 1 unspecified atom stereocenters. The number of aryl methyl sites for hydroxylation is 2. The van der Waals surface area contributed by atoms with Crippen LogP contribution in [-0.4, -0.2) is 31.8 Å². The molecule has 1 fully saturated rings. The van der Waals surface area contributed by atoms with E-state index >= 15 is 0 Å². The van der Waals surface area contributed by atoms with E-state index in [-0.39, 0.29) is 6.10 Å². The molecule has 0 spiro atoms. The van der Waals surface area contributed by atoms with Crippen LogP contribution in [0.25, 0.3) is 11.3 Å². The molecule has 1 aliphatic heterocycles. The molecule has 1 N–H and O–H groups in total. The number of ether oxygens (including phenoxy) is 2. The van der Waals surface area contributed by atoms with Gasteiger partial charge in [-0.2, -0.15) is 0 Å². The van der Waals surface area contributed by atoms with E-state index in [1.165, 1.54) is 16.0 Å². The topological polar surface area (TPSA) is 43.4 Å². The van der Waals surface area contributed by atoms with E-state index in [4.69, 9.17) is 14.5 Å². The van der Waals surface area contributed by atoms with Gasteiger partial charge in [-0.25, -0.2) is 4.98 Å². The monoisotopic (exact) mass is 302 g/mol. The van der Waals surface area contributed by atoms with Gasteiger partial charge in [-0.05, 0) is 30.5 Å². The van der Waals surface area contributed by atoms with Crippen molar-refractivity contribution in [3.63, 3.8) is 0 Å². The minimum absolute atomic E-state index is 0.100. The van der Waals surface area contributed by atoms with Crippen molar-refractivity contribution in [2.24, 2.45) is 0 Å². The minimum Gasteiger partial charge on any atom is -0.497 e. The van der Waals surface area contributed by atoms with Gasteiger partial charge in [0, 0.05) is 23.5 Å². The zero-order chi connectivity index (χ0) is 14.2. The van der Waals surface area contributed by atoms with Crippen molar-refractivity contribution in [3.05, 3.63) is 33.6 Å². The van der Waals surface area contributed by atoms with E-state index in [9.17, 15) is 0 Å². The number of aromatic nitrogens is 1. The molecule has 5 heteroatoms. The molecule has 2 aliphatic rings. The summed E-state index contributed by atoms with van der Waals surface area (Å²) in [7, 11) is 1.71. The van der Waals surface area contributed by atoms with Crippen LogP contribution in [0.1, 0.15) is 21.6 Å². The van der Waals surface area contributed by atoms with Crippen molar-refractivity contribution < 1.29 is 9.47 Å². The molecule has 0 saturated carbocycles. The van der Waals surface area contributed by atoms with Crippen LogP contribution in [0.2, 0.25) is 0 Å².